The molecule has 0 atom stereocenters. The third-order valence-electron chi connectivity index (χ3n) is 3.78. The molecular formula is C14H17N3O. The summed E-state index contributed by atoms with van der Waals surface area (Å²) in [6.07, 6.45) is 7.35. The number of hydrogen-bond acceptors (Lipinski definition) is 3. The summed E-state index contributed by atoms with van der Waals surface area (Å²) < 4.78 is 1.90. The van der Waals surface area contributed by atoms with E-state index in [1.807, 2.05) is 4.57 Å². The van der Waals surface area contributed by atoms with Gasteiger partial charge in [-0.3, -0.25) is 4.57 Å². The van der Waals surface area contributed by atoms with Crippen LogP contribution in [0, 0.1) is 0 Å². The number of benzene rings is 1. The molecule has 0 radical (unpaired) electrons. The Morgan fingerprint density at radius 3 is 2.17 bits per heavy atom. The molecule has 4 heteroatoms. The van der Waals surface area contributed by atoms with Gasteiger partial charge in [0.1, 0.15) is 12.7 Å². The van der Waals surface area contributed by atoms with Gasteiger partial charge in [-0.2, -0.15) is 0 Å². The fraction of sp³-hybridized carbons (Fsp3) is 0.429. The second kappa shape index (κ2) is 4.90. The maximum absolute atomic E-state index is 9.53. The number of aliphatic hydroxyl groups excluding tert-OH is 1. The van der Waals surface area contributed by atoms with Gasteiger partial charge in [0, 0.05) is 5.69 Å². The predicted molar refractivity (Wildman–Crippen MR) is 68.6 cm³/mol. The first-order valence-corrected chi connectivity index (χ1v) is 6.46. The van der Waals surface area contributed by atoms with Crippen molar-refractivity contribution in [1.29, 1.82) is 0 Å². The zero-order valence-corrected chi connectivity index (χ0v) is 10.2. The van der Waals surface area contributed by atoms with Crippen LogP contribution in [0.4, 0.5) is 0 Å². The van der Waals surface area contributed by atoms with Crippen molar-refractivity contribution in [3.63, 3.8) is 0 Å². The van der Waals surface area contributed by atoms with Crippen LogP contribution in [-0.4, -0.2) is 26.0 Å². The number of hydrogen-bond donors (Lipinski definition) is 1. The molecular weight excluding hydrogens is 226 g/mol. The van der Waals surface area contributed by atoms with Crippen molar-refractivity contribution >= 4 is 0 Å². The smallest absolute Gasteiger partial charge is 0.123 e. The second-order valence-corrected chi connectivity index (χ2v) is 4.97. The van der Waals surface area contributed by atoms with E-state index in [2.05, 4.69) is 34.5 Å². The van der Waals surface area contributed by atoms with E-state index in [1.54, 1.807) is 12.7 Å². The van der Waals surface area contributed by atoms with E-state index in [1.165, 1.54) is 5.56 Å². The molecule has 0 amide bonds. The van der Waals surface area contributed by atoms with Crippen LogP contribution < -0.4 is 0 Å². The lowest BCUT2D eigenvalue weighted by atomic mass is 9.83. The summed E-state index contributed by atoms with van der Waals surface area (Å²) in [7, 11) is 0. The third kappa shape index (κ3) is 2.29. The maximum Gasteiger partial charge on any atom is 0.123 e. The number of aromatic nitrogens is 3. The summed E-state index contributed by atoms with van der Waals surface area (Å²) in [5.74, 6) is 0.600. The highest BCUT2D eigenvalue weighted by Gasteiger charge is 2.20. The Kier molecular flexibility index (Phi) is 3.11. The molecule has 18 heavy (non-hydrogen) atoms. The van der Waals surface area contributed by atoms with Gasteiger partial charge in [-0.05, 0) is 49.3 Å². The summed E-state index contributed by atoms with van der Waals surface area (Å²) in [4.78, 5) is 0. The van der Waals surface area contributed by atoms with Gasteiger partial charge in [0.15, 0.2) is 0 Å². The number of aliphatic hydroxyl groups is 1. The van der Waals surface area contributed by atoms with Crippen molar-refractivity contribution < 1.29 is 5.11 Å². The van der Waals surface area contributed by atoms with Gasteiger partial charge in [-0.1, -0.05) is 12.1 Å². The zero-order chi connectivity index (χ0) is 12.4. The molecule has 94 valence electrons. The fourth-order valence-electron chi connectivity index (χ4n) is 2.66. The van der Waals surface area contributed by atoms with Gasteiger partial charge in [-0.15, -0.1) is 10.2 Å². The lowest BCUT2D eigenvalue weighted by Crippen LogP contribution is -2.16. The Bertz CT molecular complexity index is 484. The Hall–Kier alpha value is -1.68. The zero-order valence-electron chi connectivity index (χ0n) is 10.2. The summed E-state index contributed by atoms with van der Waals surface area (Å²) in [5.41, 5.74) is 2.46. The molecule has 2 aromatic rings. The average Bonchev–Trinajstić information content (AvgIpc) is 2.94. The summed E-state index contributed by atoms with van der Waals surface area (Å²) in [6.45, 7) is 0. The molecule has 0 aliphatic heterocycles. The van der Waals surface area contributed by atoms with E-state index >= 15 is 0 Å². The van der Waals surface area contributed by atoms with Gasteiger partial charge >= 0.3 is 0 Å². The Labute approximate surface area is 106 Å². The van der Waals surface area contributed by atoms with Gasteiger partial charge < -0.3 is 5.11 Å². The molecule has 4 nitrogen and oxygen atoms in total. The number of nitrogens with zero attached hydrogens (tertiary/aromatic N) is 3. The van der Waals surface area contributed by atoms with Crippen LogP contribution in [0.15, 0.2) is 36.9 Å². The SMILES string of the molecule is O[C@H]1CC[C@@H](c2ccc(-n3cnnc3)cc2)CC1. The third-order valence-corrected chi connectivity index (χ3v) is 3.78. The van der Waals surface area contributed by atoms with E-state index in [4.69, 9.17) is 0 Å². The van der Waals surface area contributed by atoms with Crippen molar-refractivity contribution in [2.24, 2.45) is 0 Å². The summed E-state index contributed by atoms with van der Waals surface area (Å²) in [6, 6.07) is 8.56. The van der Waals surface area contributed by atoms with Crippen molar-refractivity contribution in [2.75, 3.05) is 0 Å². The fourth-order valence-corrected chi connectivity index (χ4v) is 2.66. The molecule has 1 aromatic heterocycles. The predicted octanol–water partition coefficient (Wildman–Crippen LogP) is 2.29. The minimum Gasteiger partial charge on any atom is -0.393 e. The quantitative estimate of drug-likeness (QED) is 0.880. The van der Waals surface area contributed by atoms with Crippen LogP contribution in [0.5, 0.6) is 0 Å². The highest BCUT2D eigenvalue weighted by Crippen LogP contribution is 2.33. The van der Waals surface area contributed by atoms with Gasteiger partial charge in [0.2, 0.25) is 0 Å². The highest BCUT2D eigenvalue weighted by molar-refractivity contribution is 5.35. The molecule has 0 saturated heterocycles. The summed E-state index contributed by atoms with van der Waals surface area (Å²) in [5, 5.41) is 17.1. The second-order valence-electron chi connectivity index (χ2n) is 4.97. The number of rotatable bonds is 2. The normalized spacial score (nSPS) is 24.1. The molecule has 1 aliphatic carbocycles. The van der Waals surface area contributed by atoms with Crippen molar-refractivity contribution in [3.8, 4) is 5.69 Å². The van der Waals surface area contributed by atoms with Crippen molar-refractivity contribution in [2.45, 2.75) is 37.7 Å². The van der Waals surface area contributed by atoms with Crippen LogP contribution in [0.3, 0.4) is 0 Å². The molecule has 0 unspecified atom stereocenters. The van der Waals surface area contributed by atoms with E-state index in [0.717, 1.165) is 31.4 Å². The van der Waals surface area contributed by atoms with E-state index < -0.39 is 0 Å². The lowest BCUT2D eigenvalue weighted by Gasteiger charge is -2.25. The first-order valence-electron chi connectivity index (χ1n) is 6.46. The molecule has 0 spiro atoms. The Balaban J connectivity index is 1.75. The van der Waals surface area contributed by atoms with Crippen LogP contribution in [-0.2, 0) is 0 Å². The average molecular weight is 243 g/mol. The largest absolute Gasteiger partial charge is 0.393 e. The highest BCUT2D eigenvalue weighted by atomic mass is 16.3. The molecule has 1 saturated carbocycles. The Morgan fingerprint density at radius 1 is 0.944 bits per heavy atom. The molecule has 3 rings (SSSR count). The maximum atomic E-state index is 9.53. The molecule has 1 aliphatic rings. The first kappa shape index (κ1) is 11.4. The Morgan fingerprint density at radius 2 is 1.56 bits per heavy atom. The molecule has 1 N–H and O–H groups in total. The lowest BCUT2D eigenvalue weighted by molar-refractivity contribution is 0.122. The van der Waals surface area contributed by atoms with Crippen molar-refractivity contribution in [3.05, 3.63) is 42.5 Å². The van der Waals surface area contributed by atoms with E-state index in [-0.39, 0.29) is 6.10 Å². The summed E-state index contributed by atoms with van der Waals surface area (Å²) >= 11 is 0. The van der Waals surface area contributed by atoms with E-state index in [9.17, 15) is 5.11 Å². The molecule has 1 fully saturated rings. The van der Waals surface area contributed by atoms with E-state index in [0.29, 0.717) is 5.92 Å². The topological polar surface area (TPSA) is 50.9 Å². The van der Waals surface area contributed by atoms with Gasteiger partial charge in [-0.25, -0.2) is 0 Å². The first-order chi connectivity index (χ1) is 8.83. The minimum atomic E-state index is -0.0856. The van der Waals surface area contributed by atoms with Crippen LogP contribution >= 0.6 is 0 Å². The van der Waals surface area contributed by atoms with Crippen LogP contribution in [0.1, 0.15) is 37.2 Å². The monoisotopic (exact) mass is 243 g/mol. The van der Waals surface area contributed by atoms with Gasteiger partial charge in [0.25, 0.3) is 0 Å². The molecule has 1 heterocycles. The molecule has 0 bridgehead atoms. The standard InChI is InChI=1S/C14H17N3O/c18-14-7-3-12(4-8-14)11-1-5-13(6-2-11)17-9-15-16-10-17/h1-2,5-6,9-10,12,14,18H,3-4,7-8H2/t12-,14+. The van der Waals surface area contributed by atoms with Crippen LogP contribution in [0.25, 0.3) is 5.69 Å². The van der Waals surface area contributed by atoms with Crippen molar-refractivity contribution in [1.82, 2.24) is 14.8 Å². The minimum absolute atomic E-state index is 0.0856. The van der Waals surface area contributed by atoms with Crippen LogP contribution in [0.2, 0.25) is 0 Å². The molecule has 1 aromatic carbocycles. The van der Waals surface area contributed by atoms with Gasteiger partial charge in [0.05, 0.1) is 6.10 Å².